The number of benzene rings is 1. The minimum atomic E-state index is 0.782. The summed E-state index contributed by atoms with van der Waals surface area (Å²) in [6.07, 6.45) is 12.0. The van der Waals surface area contributed by atoms with Gasteiger partial charge in [0.25, 0.3) is 0 Å². The standard InChI is InChI=1S/C24H23N9/c1-2-4-18(5-3-1)10-19-12-25-24(26-13-19)32-8-6-31(7-9-32)23-22-11-20(21-14-28-29-15-21)16-33(22)30-17-27-23/h1-5,11-17H,6-10H2,(H,28,29). The number of aromatic nitrogens is 7. The molecular formula is C24H23N9. The van der Waals surface area contributed by atoms with E-state index in [1.54, 1.807) is 6.33 Å². The van der Waals surface area contributed by atoms with Crippen LogP contribution in [0.1, 0.15) is 11.1 Å². The summed E-state index contributed by atoms with van der Waals surface area (Å²) in [7, 11) is 0. The van der Waals surface area contributed by atoms with Crippen molar-refractivity contribution in [3.05, 3.63) is 84.8 Å². The van der Waals surface area contributed by atoms with Gasteiger partial charge in [0, 0.05) is 68.5 Å². The Morgan fingerprint density at radius 1 is 0.818 bits per heavy atom. The number of hydrogen-bond acceptors (Lipinski definition) is 7. The van der Waals surface area contributed by atoms with Crippen LogP contribution in [0.25, 0.3) is 16.6 Å². The van der Waals surface area contributed by atoms with Gasteiger partial charge in [-0.25, -0.2) is 19.5 Å². The lowest BCUT2D eigenvalue weighted by molar-refractivity contribution is 0.633. The van der Waals surface area contributed by atoms with E-state index in [0.717, 1.165) is 66.6 Å². The molecule has 1 aliphatic heterocycles. The van der Waals surface area contributed by atoms with Crippen LogP contribution < -0.4 is 9.80 Å². The molecule has 0 bridgehead atoms. The molecule has 1 aromatic carbocycles. The first kappa shape index (κ1) is 19.4. The Balaban J connectivity index is 1.15. The normalized spacial score (nSPS) is 14.2. The fourth-order valence-electron chi connectivity index (χ4n) is 4.28. The second-order valence-corrected chi connectivity index (χ2v) is 8.16. The Labute approximate surface area is 190 Å². The van der Waals surface area contributed by atoms with Crippen molar-refractivity contribution in [3.8, 4) is 11.1 Å². The average molecular weight is 438 g/mol. The van der Waals surface area contributed by atoms with E-state index in [1.807, 2.05) is 41.6 Å². The molecule has 5 aromatic rings. The summed E-state index contributed by atoms with van der Waals surface area (Å²) >= 11 is 0. The van der Waals surface area contributed by atoms with Crippen molar-refractivity contribution in [1.29, 1.82) is 0 Å². The van der Waals surface area contributed by atoms with Crippen LogP contribution in [-0.2, 0) is 6.42 Å². The molecule has 1 fully saturated rings. The Kier molecular flexibility index (Phi) is 4.91. The maximum atomic E-state index is 4.64. The molecule has 5 heterocycles. The summed E-state index contributed by atoms with van der Waals surface area (Å²) in [6, 6.07) is 12.5. The van der Waals surface area contributed by atoms with Crippen LogP contribution in [0, 0.1) is 0 Å². The summed E-state index contributed by atoms with van der Waals surface area (Å²) in [5, 5.41) is 11.3. The molecule has 164 valence electrons. The highest BCUT2D eigenvalue weighted by Crippen LogP contribution is 2.27. The number of anilines is 2. The first-order chi connectivity index (χ1) is 16.3. The van der Waals surface area contributed by atoms with Gasteiger partial charge in [0.2, 0.25) is 5.95 Å². The third-order valence-corrected chi connectivity index (χ3v) is 6.02. The van der Waals surface area contributed by atoms with E-state index in [1.165, 1.54) is 5.56 Å². The highest BCUT2D eigenvalue weighted by molar-refractivity contribution is 5.77. The molecule has 0 saturated carbocycles. The first-order valence-electron chi connectivity index (χ1n) is 11.0. The van der Waals surface area contributed by atoms with Gasteiger partial charge in [0.1, 0.15) is 11.8 Å². The maximum absolute atomic E-state index is 4.64. The Hall–Kier alpha value is -4.27. The minimum Gasteiger partial charge on any atom is -0.351 e. The smallest absolute Gasteiger partial charge is 0.225 e. The Bertz CT molecular complexity index is 1340. The van der Waals surface area contributed by atoms with Crippen molar-refractivity contribution in [2.24, 2.45) is 0 Å². The van der Waals surface area contributed by atoms with Gasteiger partial charge in [-0.15, -0.1) is 0 Å². The molecule has 1 aliphatic rings. The van der Waals surface area contributed by atoms with Crippen LogP contribution >= 0.6 is 0 Å². The molecule has 0 atom stereocenters. The molecule has 9 nitrogen and oxygen atoms in total. The second kappa shape index (κ2) is 8.34. The zero-order chi connectivity index (χ0) is 22.0. The maximum Gasteiger partial charge on any atom is 0.225 e. The first-order valence-corrected chi connectivity index (χ1v) is 11.0. The monoisotopic (exact) mass is 437 g/mol. The number of fused-ring (bicyclic) bond motifs is 1. The fourth-order valence-corrected chi connectivity index (χ4v) is 4.28. The summed E-state index contributed by atoms with van der Waals surface area (Å²) < 4.78 is 1.88. The fraction of sp³-hybridized carbons (Fsp3) is 0.208. The largest absolute Gasteiger partial charge is 0.351 e. The van der Waals surface area contributed by atoms with Crippen LogP contribution in [0.5, 0.6) is 0 Å². The lowest BCUT2D eigenvalue weighted by Crippen LogP contribution is -2.47. The summed E-state index contributed by atoms with van der Waals surface area (Å²) in [5.74, 6) is 1.72. The van der Waals surface area contributed by atoms with E-state index in [2.05, 4.69) is 70.4 Å². The second-order valence-electron chi connectivity index (χ2n) is 8.16. The lowest BCUT2D eigenvalue weighted by Gasteiger charge is -2.35. The van der Waals surface area contributed by atoms with E-state index in [-0.39, 0.29) is 0 Å². The third kappa shape index (κ3) is 3.89. The van der Waals surface area contributed by atoms with Crippen molar-refractivity contribution in [1.82, 2.24) is 34.8 Å². The van der Waals surface area contributed by atoms with Crippen LogP contribution in [-0.4, -0.2) is 60.9 Å². The van der Waals surface area contributed by atoms with E-state index in [9.17, 15) is 0 Å². The van der Waals surface area contributed by atoms with Gasteiger partial charge in [-0.1, -0.05) is 30.3 Å². The molecule has 6 rings (SSSR count). The van der Waals surface area contributed by atoms with E-state index >= 15 is 0 Å². The molecule has 1 N–H and O–H groups in total. The van der Waals surface area contributed by atoms with E-state index in [0.29, 0.717) is 0 Å². The minimum absolute atomic E-state index is 0.782. The number of H-pyrrole nitrogens is 1. The summed E-state index contributed by atoms with van der Waals surface area (Å²) in [5.41, 5.74) is 5.47. The van der Waals surface area contributed by atoms with Crippen LogP contribution in [0.15, 0.2) is 73.7 Å². The van der Waals surface area contributed by atoms with Gasteiger partial charge in [0.15, 0.2) is 5.82 Å². The van der Waals surface area contributed by atoms with Crippen LogP contribution in [0.2, 0.25) is 0 Å². The number of nitrogens with one attached hydrogen (secondary N) is 1. The van der Waals surface area contributed by atoms with Crippen molar-refractivity contribution < 1.29 is 0 Å². The number of nitrogens with zero attached hydrogens (tertiary/aromatic N) is 8. The number of piperazine rings is 1. The van der Waals surface area contributed by atoms with Crippen LogP contribution in [0.3, 0.4) is 0 Å². The Morgan fingerprint density at radius 2 is 1.61 bits per heavy atom. The summed E-state index contributed by atoms with van der Waals surface area (Å²) in [6.45, 7) is 3.36. The Morgan fingerprint density at radius 3 is 2.36 bits per heavy atom. The van der Waals surface area contributed by atoms with E-state index in [4.69, 9.17) is 0 Å². The molecule has 0 spiro atoms. The molecule has 0 radical (unpaired) electrons. The van der Waals surface area contributed by atoms with Gasteiger partial charge < -0.3 is 9.80 Å². The SMILES string of the molecule is c1ccc(Cc2cnc(N3CCN(c4ncnn5cc(-c6cn[nH]c6)cc45)CC3)nc2)cc1. The third-order valence-electron chi connectivity index (χ3n) is 6.02. The van der Waals surface area contributed by atoms with Crippen molar-refractivity contribution >= 4 is 17.3 Å². The lowest BCUT2D eigenvalue weighted by atomic mass is 10.1. The van der Waals surface area contributed by atoms with E-state index < -0.39 is 0 Å². The van der Waals surface area contributed by atoms with Gasteiger partial charge in [-0.05, 0) is 17.2 Å². The highest BCUT2D eigenvalue weighted by atomic mass is 15.3. The molecule has 9 heteroatoms. The van der Waals surface area contributed by atoms with Crippen molar-refractivity contribution in [3.63, 3.8) is 0 Å². The average Bonchev–Trinajstić information content (AvgIpc) is 3.55. The topological polar surface area (TPSA) is 91.1 Å². The highest BCUT2D eigenvalue weighted by Gasteiger charge is 2.22. The predicted octanol–water partition coefficient (Wildman–Crippen LogP) is 2.83. The van der Waals surface area contributed by atoms with Gasteiger partial charge in [-0.3, -0.25) is 5.10 Å². The van der Waals surface area contributed by atoms with Crippen molar-refractivity contribution in [2.45, 2.75) is 6.42 Å². The van der Waals surface area contributed by atoms with Gasteiger partial charge in [0.05, 0.1) is 6.20 Å². The summed E-state index contributed by atoms with van der Waals surface area (Å²) in [4.78, 5) is 18.4. The molecule has 33 heavy (non-hydrogen) atoms. The molecule has 0 aliphatic carbocycles. The zero-order valence-corrected chi connectivity index (χ0v) is 18.0. The number of hydrogen-bond donors (Lipinski definition) is 1. The molecule has 0 unspecified atom stereocenters. The molecule has 0 amide bonds. The van der Waals surface area contributed by atoms with Crippen LogP contribution in [0.4, 0.5) is 11.8 Å². The number of rotatable bonds is 5. The molecular weight excluding hydrogens is 414 g/mol. The van der Waals surface area contributed by atoms with Gasteiger partial charge >= 0.3 is 0 Å². The quantitative estimate of drug-likeness (QED) is 0.452. The predicted molar refractivity (Wildman–Crippen MR) is 126 cm³/mol. The zero-order valence-electron chi connectivity index (χ0n) is 18.0. The molecule has 4 aromatic heterocycles. The molecule has 1 saturated heterocycles. The number of aromatic amines is 1. The van der Waals surface area contributed by atoms with Crippen molar-refractivity contribution in [2.75, 3.05) is 36.0 Å². The van der Waals surface area contributed by atoms with Gasteiger partial charge in [-0.2, -0.15) is 10.2 Å².